The van der Waals surface area contributed by atoms with Gasteiger partial charge in [-0.15, -0.1) is 0 Å². The predicted octanol–water partition coefficient (Wildman–Crippen LogP) is 1.83. The van der Waals surface area contributed by atoms with Crippen LogP contribution in [0.2, 0.25) is 0 Å². The molecular formula is C14H20N2O3. The normalized spacial score (nSPS) is 19.5. The molecule has 3 N–H and O–H groups in total. The van der Waals surface area contributed by atoms with Crippen LogP contribution in [0.25, 0.3) is 0 Å². The van der Waals surface area contributed by atoms with Gasteiger partial charge >= 0.3 is 5.97 Å². The van der Waals surface area contributed by atoms with Crippen molar-refractivity contribution in [1.82, 2.24) is 4.90 Å². The molecule has 1 heterocycles. The van der Waals surface area contributed by atoms with Crippen LogP contribution in [0.15, 0.2) is 18.2 Å². The van der Waals surface area contributed by atoms with Gasteiger partial charge in [0.1, 0.15) is 5.75 Å². The lowest BCUT2D eigenvalue weighted by Gasteiger charge is -2.19. The molecule has 19 heavy (non-hydrogen) atoms. The Balaban J connectivity index is 1.92. The third-order valence-electron chi connectivity index (χ3n) is 3.68. The summed E-state index contributed by atoms with van der Waals surface area (Å²) < 4.78 is 5.62. The Bertz CT molecular complexity index is 462. The van der Waals surface area contributed by atoms with Crippen LogP contribution < -0.4 is 10.5 Å². The molecule has 0 bridgehead atoms. The molecular weight excluding hydrogens is 244 g/mol. The molecule has 0 radical (unpaired) electrons. The molecule has 1 fully saturated rings. The van der Waals surface area contributed by atoms with E-state index < -0.39 is 5.97 Å². The van der Waals surface area contributed by atoms with Gasteiger partial charge in [-0.1, -0.05) is 6.07 Å². The number of carboxylic acids is 1. The highest BCUT2D eigenvalue weighted by atomic mass is 16.5. The van der Waals surface area contributed by atoms with Gasteiger partial charge in [0, 0.05) is 6.04 Å². The Morgan fingerprint density at radius 2 is 2.37 bits per heavy atom. The number of para-hydroxylation sites is 1. The number of rotatable bonds is 5. The van der Waals surface area contributed by atoms with E-state index in [1.54, 1.807) is 12.1 Å². The second-order valence-electron chi connectivity index (χ2n) is 4.94. The van der Waals surface area contributed by atoms with E-state index in [4.69, 9.17) is 15.6 Å². The molecule has 0 amide bonds. The first-order valence-corrected chi connectivity index (χ1v) is 6.54. The fraction of sp³-hybridized carbons (Fsp3) is 0.500. The minimum atomic E-state index is -1.03. The lowest BCUT2D eigenvalue weighted by atomic mass is 10.1. The number of nitrogens with two attached hydrogens (primary N) is 1. The summed E-state index contributed by atoms with van der Waals surface area (Å²) in [7, 11) is 2.12. The quantitative estimate of drug-likeness (QED) is 0.793. The topological polar surface area (TPSA) is 75.8 Å². The summed E-state index contributed by atoms with van der Waals surface area (Å²) in [6.45, 7) is 1.70. The molecule has 1 aromatic rings. The van der Waals surface area contributed by atoms with E-state index in [0.29, 0.717) is 18.4 Å². The second kappa shape index (κ2) is 5.93. The number of likely N-dealkylation sites (tertiary alicyclic amines) is 1. The fourth-order valence-electron chi connectivity index (χ4n) is 2.51. The molecule has 1 aliphatic heterocycles. The zero-order valence-electron chi connectivity index (χ0n) is 11.1. The molecule has 0 saturated carbocycles. The zero-order chi connectivity index (χ0) is 13.8. The zero-order valence-corrected chi connectivity index (χ0v) is 11.1. The summed E-state index contributed by atoms with van der Waals surface area (Å²) in [5.41, 5.74) is 6.09. The van der Waals surface area contributed by atoms with Crippen molar-refractivity contribution in [2.45, 2.75) is 25.3 Å². The number of anilines is 1. The third kappa shape index (κ3) is 3.17. The molecule has 1 saturated heterocycles. The largest absolute Gasteiger partial charge is 0.491 e. The number of hydrogen-bond donors (Lipinski definition) is 2. The van der Waals surface area contributed by atoms with E-state index in [2.05, 4.69) is 11.9 Å². The Morgan fingerprint density at radius 3 is 3.00 bits per heavy atom. The summed E-state index contributed by atoms with van der Waals surface area (Å²) in [4.78, 5) is 13.3. The molecule has 1 atom stereocenters. The van der Waals surface area contributed by atoms with Crippen LogP contribution in [0.5, 0.6) is 5.75 Å². The number of hydrogen-bond acceptors (Lipinski definition) is 4. The monoisotopic (exact) mass is 264 g/mol. The van der Waals surface area contributed by atoms with Crippen molar-refractivity contribution in [3.05, 3.63) is 23.8 Å². The minimum absolute atomic E-state index is 0.0930. The molecule has 0 aliphatic carbocycles. The van der Waals surface area contributed by atoms with Crippen LogP contribution in [0.1, 0.15) is 29.6 Å². The van der Waals surface area contributed by atoms with Crippen LogP contribution >= 0.6 is 0 Å². The molecule has 5 nitrogen and oxygen atoms in total. The van der Waals surface area contributed by atoms with Gasteiger partial charge in [0.05, 0.1) is 17.9 Å². The van der Waals surface area contributed by atoms with E-state index in [1.165, 1.54) is 18.9 Å². The molecule has 0 aromatic heterocycles. The highest BCUT2D eigenvalue weighted by molar-refractivity contribution is 5.95. The van der Waals surface area contributed by atoms with E-state index in [1.807, 2.05) is 0 Å². The van der Waals surface area contributed by atoms with Crippen LogP contribution in [0.3, 0.4) is 0 Å². The van der Waals surface area contributed by atoms with Crippen molar-refractivity contribution in [2.75, 3.05) is 25.9 Å². The van der Waals surface area contributed by atoms with Gasteiger partial charge in [-0.25, -0.2) is 4.79 Å². The van der Waals surface area contributed by atoms with E-state index in [-0.39, 0.29) is 11.3 Å². The average molecular weight is 264 g/mol. The van der Waals surface area contributed by atoms with Crippen molar-refractivity contribution in [1.29, 1.82) is 0 Å². The van der Waals surface area contributed by atoms with Gasteiger partial charge < -0.3 is 20.5 Å². The van der Waals surface area contributed by atoms with E-state index in [0.717, 1.165) is 13.0 Å². The van der Waals surface area contributed by atoms with E-state index >= 15 is 0 Å². The highest BCUT2D eigenvalue weighted by Crippen LogP contribution is 2.26. The molecule has 2 rings (SSSR count). The van der Waals surface area contributed by atoms with Crippen LogP contribution in [-0.2, 0) is 0 Å². The van der Waals surface area contributed by atoms with Gasteiger partial charge in [-0.2, -0.15) is 0 Å². The molecule has 104 valence electrons. The van der Waals surface area contributed by atoms with Gasteiger partial charge in [0.2, 0.25) is 0 Å². The van der Waals surface area contributed by atoms with Crippen molar-refractivity contribution >= 4 is 11.7 Å². The Labute approximate surface area is 113 Å². The third-order valence-corrected chi connectivity index (χ3v) is 3.68. The van der Waals surface area contributed by atoms with Gasteiger partial charge in [-0.3, -0.25) is 0 Å². The lowest BCUT2D eigenvalue weighted by molar-refractivity contribution is 0.0697. The van der Waals surface area contributed by atoms with Crippen LogP contribution in [-0.4, -0.2) is 42.2 Å². The van der Waals surface area contributed by atoms with Gasteiger partial charge in [-0.05, 0) is 45.0 Å². The molecule has 1 aliphatic rings. The molecule has 1 aromatic carbocycles. The number of nitrogen functional groups attached to an aromatic ring is 1. The highest BCUT2D eigenvalue weighted by Gasteiger charge is 2.20. The minimum Gasteiger partial charge on any atom is -0.491 e. The Morgan fingerprint density at radius 1 is 1.58 bits per heavy atom. The maximum atomic E-state index is 11.0. The number of ether oxygens (including phenoxy) is 1. The SMILES string of the molecule is CN1CCCC1CCOc1cccc(C(=O)O)c1N. The summed E-state index contributed by atoms with van der Waals surface area (Å²) in [5, 5.41) is 8.98. The number of nitrogens with zero attached hydrogens (tertiary/aromatic N) is 1. The molecule has 0 spiro atoms. The van der Waals surface area contributed by atoms with Crippen LogP contribution in [0.4, 0.5) is 5.69 Å². The molecule has 1 unspecified atom stereocenters. The number of aromatic carboxylic acids is 1. The average Bonchev–Trinajstić information content (AvgIpc) is 2.77. The fourth-order valence-corrected chi connectivity index (χ4v) is 2.51. The Hall–Kier alpha value is -1.75. The smallest absolute Gasteiger partial charge is 0.337 e. The van der Waals surface area contributed by atoms with Crippen LogP contribution in [0, 0.1) is 0 Å². The first-order valence-electron chi connectivity index (χ1n) is 6.54. The maximum absolute atomic E-state index is 11.0. The van der Waals surface area contributed by atoms with Crippen molar-refractivity contribution in [3.8, 4) is 5.75 Å². The van der Waals surface area contributed by atoms with Gasteiger partial charge in [0.15, 0.2) is 0 Å². The number of carbonyl (C=O) groups is 1. The van der Waals surface area contributed by atoms with Crippen molar-refractivity contribution in [3.63, 3.8) is 0 Å². The number of carboxylic acid groups (broad SMARTS) is 1. The number of benzene rings is 1. The first-order chi connectivity index (χ1) is 9.09. The lowest BCUT2D eigenvalue weighted by Crippen LogP contribution is -2.26. The standard InChI is InChI=1S/C14H20N2O3/c1-16-8-3-4-10(16)7-9-19-12-6-2-5-11(13(12)15)14(17)18/h2,5-6,10H,3-4,7-9,15H2,1H3,(H,17,18). The Kier molecular flexibility index (Phi) is 4.27. The second-order valence-corrected chi connectivity index (χ2v) is 4.94. The van der Waals surface area contributed by atoms with Crippen molar-refractivity contribution in [2.24, 2.45) is 0 Å². The summed E-state index contributed by atoms with van der Waals surface area (Å²) in [6.07, 6.45) is 3.37. The van der Waals surface area contributed by atoms with E-state index in [9.17, 15) is 4.79 Å². The summed E-state index contributed by atoms with van der Waals surface area (Å²) in [5.74, 6) is -0.570. The predicted molar refractivity (Wildman–Crippen MR) is 73.6 cm³/mol. The first kappa shape index (κ1) is 13.7. The maximum Gasteiger partial charge on any atom is 0.337 e. The summed E-state index contributed by atoms with van der Waals surface area (Å²) >= 11 is 0. The summed E-state index contributed by atoms with van der Waals surface area (Å²) in [6, 6.07) is 5.40. The van der Waals surface area contributed by atoms with Crippen molar-refractivity contribution < 1.29 is 14.6 Å². The van der Waals surface area contributed by atoms with Gasteiger partial charge in [0.25, 0.3) is 0 Å². The molecule has 5 heteroatoms.